The van der Waals surface area contributed by atoms with Crippen LogP contribution in [0, 0.1) is 11.3 Å². The van der Waals surface area contributed by atoms with Crippen LogP contribution in [0.2, 0.25) is 0 Å². The third-order valence-corrected chi connectivity index (χ3v) is 6.43. The zero-order valence-corrected chi connectivity index (χ0v) is 19.4. The molecular weight excluding hydrogens is 444 g/mol. The number of hydrogen-bond acceptors (Lipinski definition) is 6. The molecule has 0 aliphatic rings. The Kier molecular flexibility index (Phi) is 5.81. The van der Waals surface area contributed by atoms with Gasteiger partial charge >= 0.3 is 0 Å². The highest BCUT2D eigenvalue weighted by atomic mass is 32.1. The maximum Gasteiger partial charge on any atom is 0.161 e. The molecule has 0 saturated heterocycles. The fourth-order valence-electron chi connectivity index (χ4n) is 3.70. The molecule has 166 valence electrons. The zero-order valence-electron chi connectivity index (χ0n) is 18.6. The molecule has 0 aliphatic heterocycles. The molecule has 6 nitrogen and oxygen atoms in total. The number of fused-ring (bicyclic) bond motifs is 1. The summed E-state index contributed by atoms with van der Waals surface area (Å²) < 4.78 is 13.7. The molecule has 5 rings (SSSR count). The number of allylic oxidation sites excluding steroid dienone is 1. The molecule has 0 unspecified atom stereocenters. The highest BCUT2D eigenvalue weighted by Gasteiger charge is 2.16. The van der Waals surface area contributed by atoms with Crippen molar-refractivity contribution in [1.29, 1.82) is 5.26 Å². The molecule has 0 N–H and O–H groups in total. The Morgan fingerprint density at radius 3 is 2.47 bits per heavy atom. The molecule has 5 aromatic rings. The molecule has 2 aromatic heterocycles. The van der Waals surface area contributed by atoms with Crippen molar-refractivity contribution in [2.75, 3.05) is 14.2 Å². The maximum absolute atomic E-state index is 9.99. The van der Waals surface area contributed by atoms with Crippen molar-refractivity contribution in [3.63, 3.8) is 0 Å². The molecule has 0 fully saturated rings. The van der Waals surface area contributed by atoms with Gasteiger partial charge in [0.05, 0.1) is 35.7 Å². The monoisotopic (exact) mass is 464 g/mol. The van der Waals surface area contributed by atoms with E-state index in [0.717, 1.165) is 32.7 Å². The van der Waals surface area contributed by atoms with E-state index in [0.29, 0.717) is 22.1 Å². The number of methoxy groups -OCH3 is 2. The van der Waals surface area contributed by atoms with Crippen LogP contribution < -0.4 is 9.47 Å². The first kappa shape index (κ1) is 21.4. The Labute approximate surface area is 201 Å². The van der Waals surface area contributed by atoms with Crippen LogP contribution in [-0.2, 0) is 0 Å². The van der Waals surface area contributed by atoms with E-state index in [-0.39, 0.29) is 0 Å². The minimum atomic E-state index is 0.482. The minimum Gasteiger partial charge on any atom is -0.493 e. The van der Waals surface area contributed by atoms with E-state index in [1.54, 1.807) is 14.2 Å². The van der Waals surface area contributed by atoms with Gasteiger partial charge in [-0.25, -0.2) is 9.67 Å². The number of ether oxygens (including phenoxy) is 2. The van der Waals surface area contributed by atoms with Gasteiger partial charge in [0.2, 0.25) is 0 Å². The SMILES string of the molecule is COc1ccc(-c2nn(-c3ccccc3)cc2/C=C(\C#N)c2nc3ccccc3s2)cc1OC. The van der Waals surface area contributed by atoms with Gasteiger partial charge in [0.1, 0.15) is 16.8 Å². The molecule has 0 bridgehead atoms. The van der Waals surface area contributed by atoms with Crippen LogP contribution >= 0.6 is 11.3 Å². The number of para-hydroxylation sites is 2. The summed E-state index contributed by atoms with van der Waals surface area (Å²) in [5.41, 5.74) is 4.65. The number of nitriles is 1. The molecular formula is C27H20N4O2S. The standard InChI is InChI=1S/C27H20N4O2S/c1-32-23-13-12-18(15-24(23)33-2)26-20(17-31(30-26)21-8-4-3-5-9-21)14-19(16-28)27-29-22-10-6-7-11-25(22)34-27/h3-15,17H,1-2H3/b19-14+. The largest absolute Gasteiger partial charge is 0.493 e. The Morgan fingerprint density at radius 1 is 0.971 bits per heavy atom. The smallest absolute Gasteiger partial charge is 0.161 e. The normalized spacial score (nSPS) is 11.4. The van der Waals surface area contributed by atoms with Crippen molar-refractivity contribution in [2.45, 2.75) is 0 Å². The average molecular weight is 465 g/mol. The minimum absolute atomic E-state index is 0.482. The average Bonchev–Trinajstić information content (AvgIpc) is 3.51. The molecule has 0 saturated carbocycles. The fraction of sp³-hybridized carbons (Fsp3) is 0.0741. The first-order chi connectivity index (χ1) is 16.7. The molecule has 0 amide bonds. The van der Waals surface area contributed by atoms with Crippen LogP contribution in [0.15, 0.2) is 79.0 Å². The van der Waals surface area contributed by atoms with E-state index in [9.17, 15) is 5.26 Å². The van der Waals surface area contributed by atoms with E-state index in [2.05, 4.69) is 11.1 Å². The summed E-state index contributed by atoms with van der Waals surface area (Å²) in [6.45, 7) is 0. The lowest BCUT2D eigenvalue weighted by molar-refractivity contribution is 0.355. The quantitative estimate of drug-likeness (QED) is 0.279. The van der Waals surface area contributed by atoms with Crippen molar-refractivity contribution in [3.05, 3.63) is 89.6 Å². The van der Waals surface area contributed by atoms with E-state index < -0.39 is 0 Å². The second kappa shape index (κ2) is 9.22. The summed E-state index contributed by atoms with van der Waals surface area (Å²) in [4.78, 5) is 4.66. The van der Waals surface area contributed by atoms with Crippen LogP contribution in [-0.4, -0.2) is 29.0 Å². The van der Waals surface area contributed by atoms with Gasteiger partial charge in [-0.1, -0.05) is 30.3 Å². The molecule has 7 heteroatoms. The van der Waals surface area contributed by atoms with E-state index in [1.165, 1.54) is 11.3 Å². The lowest BCUT2D eigenvalue weighted by atomic mass is 10.1. The van der Waals surface area contributed by atoms with Crippen LogP contribution in [0.1, 0.15) is 10.6 Å². The van der Waals surface area contributed by atoms with Crippen molar-refractivity contribution < 1.29 is 9.47 Å². The fourth-order valence-corrected chi connectivity index (χ4v) is 4.63. The first-order valence-corrected chi connectivity index (χ1v) is 11.4. The number of hydrogen-bond donors (Lipinski definition) is 0. The summed E-state index contributed by atoms with van der Waals surface area (Å²) in [5.74, 6) is 1.24. The molecule has 3 aromatic carbocycles. The predicted molar refractivity (Wildman–Crippen MR) is 135 cm³/mol. The summed E-state index contributed by atoms with van der Waals surface area (Å²) in [7, 11) is 3.21. The van der Waals surface area contributed by atoms with E-state index in [1.807, 2.05) is 89.8 Å². The summed E-state index contributed by atoms with van der Waals surface area (Å²) in [6.07, 6.45) is 3.77. The van der Waals surface area contributed by atoms with Gasteiger partial charge in [-0.2, -0.15) is 10.4 Å². The Hall–Kier alpha value is -4.41. The van der Waals surface area contributed by atoms with Gasteiger partial charge < -0.3 is 9.47 Å². The second-order valence-electron chi connectivity index (χ2n) is 7.44. The van der Waals surface area contributed by atoms with Crippen LogP contribution in [0.5, 0.6) is 11.5 Å². The molecule has 0 spiro atoms. The summed E-state index contributed by atoms with van der Waals surface area (Å²) in [5, 5.41) is 15.5. The molecule has 0 aliphatic carbocycles. The lowest BCUT2D eigenvalue weighted by Gasteiger charge is -2.09. The number of thiazole rings is 1. The molecule has 0 radical (unpaired) electrons. The topological polar surface area (TPSA) is 73.0 Å². The van der Waals surface area contributed by atoms with Crippen molar-refractivity contribution in [1.82, 2.24) is 14.8 Å². The Bertz CT molecular complexity index is 1510. The van der Waals surface area contributed by atoms with Gasteiger partial charge in [0.15, 0.2) is 11.5 Å². The van der Waals surface area contributed by atoms with Crippen molar-refractivity contribution in [3.8, 4) is 34.5 Å². The van der Waals surface area contributed by atoms with Gasteiger partial charge in [-0.3, -0.25) is 0 Å². The molecule has 2 heterocycles. The van der Waals surface area contributed by atoms with Crippen LogP contribution in [0.4, 0.5) is 0 Å². The highest BCUT2D eigenvalue weighted by molar-refractivity contribution is 7.19. The number of benzene rings is 3. The Morgan fingerprint density at radius 2 is 1.74 bits per heavy atom. The number of aromatic nitrogens is 3. The van der Waals surface area contributed by atoms with E-state index in [4.69, 9.17) is 14.6 Å². The third-order valence-electron chi connectivity index (χ3n) is 5.36. The molecule has 0 atom stereocenters. The predicted octanol–water partition coefficient (Wildman–Crippen LogP) is 6.23. The zero-order chi connectivity index (χ0) is 23.5. The van der Waals surface area contributed by atoms with Crippen LogP contribution in [0.25, 0.3) is 38.8 Å². The summed E-state index contributed by atoms with van der Waals surface area (Å²) in [6, 6.07) is 25.7. The summed E-state index contributed by atoms with van der Waals surface area (Å²) >= 11 is 1.50. The second-order valence-corrected chi connectivity index (χ2v) is 8.47. The van der Waals surface area contributed by atoms with Gasteiger partial charge in [-0.05, 0) is 48.5 Å². The van der Waals surface area contributed by atoms with Crippen molar-refractivity contribution >= 4 is 33.2 Å². The lowest BCUT2D eigenvalue weighted by Crippen LogP contribution is -1.95. The molecule has 34 heavy (non-hydrogen) atoms. The van der Waals surface area contributed by atoms with Crippen LogP contribution in [0.3, 0.4) is 0 Å². The third kappa shape index (κ3) is 4.03. The van der Waals surface area contributed by atoms with Gasteiger partial charge in [0, 0.05) is 17.3 Å². The highest BCUT2D eigenvalue weighted by Crippen LogP contribution is 2.35. The maximum atomic E-state index is 9.99. The van der Waals surface area contributed by atoms with Gasteiger partial charge in [0.25, 0.3) is 0 Å². The Balaban J connectivity index is 1.67. The van der Waals surface area contributed by atoms with Crippen molar-refractivity contribution in [2.24, 2.45) is 0 Å². The van der Waals surface area contributed by atoms with E-state index >= 15 is 0 Å². The number of nitrogens with zero attached hydrogens (tertiary/aromatic N) is 4. The first-order valence-electron chi connectivity index (χ1n) is 10.6. The van der Waals surface area contributed by atoms with Gasteiger partial charge in [-0.15, -0.1) is 11.3 Å². The number of rotatable bonds is 6.